The molecule has 0 amide bonds. The maximum Gasteiger partial charge on any atom is 0.337 e. The Morgan fingerprint density at radius 1 is 0.837 bits per heavy atom. The van der Waals surface area contributed by atoms with Crippen LogP contribution in [0, 0.1) is 59.2 Å². The fourth-order valence-corrected chi connectivity index (χ4v) is 12.5. The number of hydrogen-bond acceptors (Lipinski definition) is 8. The SMILES string of the molecule is C=CC(=O)O.C=CC(=O)OC1(CC)C2CC3CC(C2)CC1C3.CC(=CO)C(=O)OC12CC3CC(CC(C3)C1)C2.O=C1OC2C3CCC2C1C3. The average molecular weight is 681 g/mol. The quantitative estimate of drug-likeness (QED) is 0.127. The van der Waals surface area contributed by atoms with Crippen molar-refractivity contribution in [1.29, 1.82) is 0 Å². The third-order valence-electron chi connectivity index (χ3n) is 13.9. The number of aliphatic hydroxyl groups excluding tert-OH is 1. The van der Waals surface area contributed by atoms with Gasteiger partial charge in [0.25, 0.3) is 0 Å². The van der Waals surface area contributed by atoms with Gasteiger partial charge in [-0.25, -0.2) is 14.4 Å². The van der Waals surface area contributed by atoms with E-state index in [2.05, 4.69) is 20.1 Å². The number of carbonyl (C=O) groups is 4. The van der Waals surface area contributed by atoms with Crippen LogP contribution in [0.5, 0.6) is 0 Å². The van der Waals surface area contributed by atoms with Crippen molar-refractivity contribution in [2.75, 3.05) is 0 Å². The molecule has 1 heterocycles. The molecule has 0 aromatic carbocycles. The molecule has 1 aliphatic heterocycles. The predicted octanol–water partition coefficient (Wildman–Crippen LogP) is 7.50. The predicted molar refractivity (Wildman–Crippen MR) is 182 cm³/mol. The summed E-state index contributed by atoms with van der Waals surface area (Å²) < 4.78 is 16.8. The zero-order valence-electron chi connectivity index (χ0n) is 29.4. The first-order valence-electron chi connectivity index (χ1n) is 18.9. The summed E-state index contributed by atoms with van der Waals surface area (Å²) in [5.41, 5.74) is -0.0461. The van der Waals surface area contributed by atoms with E-state index in [-0.39, 0.29) is 29.1 Å². The van der Waals surface area contributed by atoms with Gasteiger partial charge in [0.05, 0.1) is 17.8 Å². The fraction of sp³-hybridized carbons (Fsp3) is 0.750. The van der Waals surface area contributed by atoms with Gasteiger partial charge in [0, 0.05) is 18.1 Å². The summed E-state index contributed by atoms with van der Waals surface area (Å²) in [6, 6.07) is 0. The lowest BCUT2D eigenvalue weighted by atomic mass is 9.49. The van der Waals surface area contributed by atoms with Crippen LogP contribution in [0.25, 0.3) is 0 Å². The minimum absolute atomic E-state index is 0.0888. The van der Waals surface area contributed by atoms with Crippen LogP contribution < -0.4 is 0 Å². The van der Waals surface area contributed by atoms with Gasteiger partial charge in [-0.15, -0.1) is 0 Å². The van der Waals surface area contributed by atoms with Crippen molar-refractivity contribution in [3.63, 3.8) is 0 Å². The summed E-state index contributed by atoms with van der Waals surface area (Å²) >= 11 is 0. The van der Waals surface area contributed by atoms with Crippen LogP contribution in [-0.4, -0.2) is 51.4 Å². The second kappa shape index (κ2) is 14.3. The Balaban J connectivity index is 0.000000122. The molecule has 11 aliphatic rings. The van der Waals surface area contributed by atoms with Gasteiger partial charge >= 0.3 is 23.9 Å². The third-order valence-corrected chi connectivity index (χ3v) is 13.9. The molecule has 0 aromatic rings. The maximum atomic E-state index is 11.8. The normalized spacial score (nSPS) is 43.5. The lowest BCUT2D eigenvalue weighted by Gasteiger charge is -2.60. The second-order valence-electron chi connectivity index (χ2n) is 16.8. The van der Waals surface area contributed by atoms with Crippen molar-refractivity contribution >= 4 is 23.9 Å². The van der Waals surface area contributed by atoms with Crippen LogP contribution >= 0.6 is 0 Å². The third kappa shape index (κ3) is 7.10. The van der Waals surface area contributed by atoms with E-state index < -0.39 is 5.97 Å². The van der Waals surface area contributed by atoms with Crippen LogP contribution in [0.1, 0.15) is 110 Å². The van der Waals surface area contributed by atoms with E-state index in [9.17, 15) is 19.2 Å². The number of carbonyl (C=O) groups excluding carboxylic acids is 3. The molecule has 1 saturated heterocycles. The van der Waals surface area contributed by atoms with Gasteiger partial charge in [0.1, 0.15) is 17.3 Å². The van der Waals surface area contributed by atoms with E-state index in [1.807, 2.05) is 0 Å². The summed E-state index contributed by atoms with van der Waals surface area (Å²) in [4.78, 5) is 43.7. The van der Waals surface area contributed by atoms with Crippen LogP contribution in [-0.2, 0) is 33.4 Å². The number of ether oxygens (including phenoxy) is 3. The van der Waals surface area contributed by atoms with E-state index in [0.717, 1.165) is 79.9 Å². The van der Waals surface area contributed by atoms with E-state index in [4.69, 9.17) is 24.4 Å². The summed E-state index contributed by atoms with van der Waals surface area (Å²) in [7, 11) is 0. The molecule has 11 fully saturated rings. The molecule has 49 heavy (non-hydrogen) atoms. The number of aliphatic carboxylic acids is 1. The van der Waals surface area contributed by atoms with Gasteiger partial charge < -0.3 is 24.4 Å². The molecule has 270 valence electrons. The van der Waals surface area contributed by atoms with Crippen LogP contribution in [0.3, 0.4) is 0 Å². The molecule has 9 heteroatoms. The van der Waals surface area contributed by atoms with Crippen molar-refractivity contribution < 1.29 is 43.6 Å². The average Bonchev–Trinajstić information content (AvgIpc) is 3.73. The monoisotopic (exact) mass is 680 g/mol. The Kier molecular flexibility index (Phi) is 10.4. The maximum absolute atomic E-state index is 11.8. The zero-order chi connectivity index (χ0) is 35.1. The molecule has 2 N–H and O–H groups in total. The second-order valence-corrected chi connectivity index (χ2v) is 16.8. The zero-order valence-corrected chi connectivity index (χ0v) is 29.4. The van der Waals surface area contributed by atoms with E-state index in [1.54, 1.807) is 6.92 Å². The molecule has 4 atom stereocenters. The van der Waals surface area contributed by atoms with Crippen molar-refractivity contribution in [2.24, 2.45) is 59.2 Å². The highest BCUT2D eigenvalue weighted by Gasteiger charge is 2.59. The lowest BCUT2D eigenvalue weighted by molar-refractivity contribution is -0.206. The molecule has 10 saturated carbocycles. The van der Waals surface area contributed by atoms with Crippen LogP contribution in [0.2, 0.25) is 0 Å². The molecular weight excluding hydrogens is 624 g/mol. The van der Waals surface area contributed by atoms with Crippen LogP contribution in [0.4, 0.5) is 0 Å². The lowest BCUT2D eigenvalue weighted by Crippen LogP contribution is -2.59. The Labute approximate surface area is 290 Å². The molecule has 10 aliphatic carbocycles. The first kappa shape index (κ1) is 35.7. The molecule has 9 nitrogen and oxygen atoms in total. The summed E-state index contributed by atoms with van der Waals surface area (Å²) in [6.07, 6.45) is 21.7. The van der Waals surface area contributed by atoms with E-state index in [1.165, 1.54) is 70.3 Å². The first-order chi connectivity index (χ1) is 23.4. The van der Waals surface area contributed by atoms with Gasteiger partial charge in [-0.1, -0.05) is 20.1 Å². The number of hydrogen-bond donors (Lipinski definition) is 2. The van der Waals surface area contributed by atoms with Gasteiger partial charge in [-0.2, -0.15) is 0 Å². The van der Waals surface area contributed by atoms with Gasteiger partial charge in [-0.05, 0) is 151 Å². The Morgan fingerprint density at radius 3 is 1.78 bits per heavy atom. The molecule has 12 bridgehead atoms. The minimum Gasteiger partial charge on any atom is -0.515 e. The highest BCUT2D eigenvalue weighted by molar-refractivity contribution is 5.87. The fourth-order valence-electron chi connectivity index (χ4n) is 12.5. The summed E-state index contributed by atoms with van der Waals surface area (Å²) in [5.74, 6) is 5.60. The number of carboxylic acids is 1. The number of aliphatic hydroxyl groups is 1. The molecule has 0 radical (unpaired) electrons. The topological polar surface area (TPSA) is 136 Å². The standard InChI is InChI=1S/C15H22O2.C14H20O3.C8H10O2.C3H4O2/c1-3-14(16)17-15(4-2)12-6-10-5-11(8-12)9-13(15)7-10;1-9(8-15)13(16)17-14-5-10-2-11(6-14)4-12(3-10)7-14;9-8-6-3-4-1-2-5(6)7(4)10-8;1-2-3(4)5/h3,10-13H,1,4-9H2,2H3;8,10-12,15H,2-7H2,1H3;4-7H,1-3H2;2H,1H2,(H,4,5). The Hall–Kier alpha value is -3.10. The smallest absolute Gasteiger partial charge is 0.337 e. The largest absolute Gasteiger partial charge is 0.515 e. The molecule has 11 rings (SSSR count). The highest BCUT2D eigenvalue weighted by atomic mass is 16.6. The minimum atomic E-state index is -0.981. The van der Waals surface area contributed by atoms with Gasteiger partial charge in [-0.3, -0.25) is 4.79 Å². The van der Waals surface area contributed by atoms with Crippen molar-refractivity contribution in [1.82, 2.24) is 0 Å². The molecular formula is C40H56O9. The first-order valence-corrected chi connectivity index (χ1v) is 18.9. The molecule has 0 spiro atoms. The number of carboxylic acid groups (broad SMARTS) is 1. The van der Waals surface area contributed by atoms with Gasteiger partial charge in [0.2, 0.25) is 0 Å². The molecule has 4 unspecified atom stereocenters. The van der Waals surface area contributed by atoms with Crippen LogP contribution in [0.15, 0.2) is 37.1 Å². The summed E-state index contributed by atoms with van der Waals surface area (Å²) in [5, 5.41) is 16.5. The number of esters is 3. The van der Waals surface area contributed by atoms with E-state index in [0.29, 0.717) is 35.3 Å². The van der Waals surface area contributed by atoms with Crippen molar-refractivity contribution in [3.05, 3.63) is 37.1 Å². The Morgan fingerprint density at radius 2 is 1.37 bits per heavy atom. The van der Waals surface area contributed by atoms with Crippen molar-refractivity contribution in [2.45, 2.75) is 127 Å². The Bertz CT molecular complexity index is 1280. The highest BCUT2D eigenvalue weighted by Crippen LogP contribution is 2.61. The molecule has 0 aromatic heterocycles. The van der Waals surface area contributed by atoms with Crippen molar-refractivity contribution in [3.8, 4) is 0 Å². The van der Waals surface area contributed by atoms with Gasteiger partial charge in [0.15, 0.2) is 0 Å². The number of rotatable bonds is 6. The van der Waals surface area contributed by atoms with E-state index >= 15 is 0 Å². The summed E-state index contributed by atoms with van der Waals surface area (Å²) in [6.45, 7) is 10.3.